The maximum atomic E-state index is 13.2. The van der Waals surface area contributed by atoms with E-state index >= 15 is 0 Å². The molecule has 8 heteroatoms. The summed E-state index contributed by atoms with van der Waals surface area (Å²) >= 11 is 5.74. The normalized spacial score (nSPS) is 12.6. The average Bonchev–Trinajstić information content (AvgIpc) is 2.94. The van der Waals surface area contributed by atoms with Gasteiger partial charge in [-0.15, -0.1) is 5.10 Å². The second-order valence-corrected chi connectivity index (χ2v) is 6.06. The molecule has 1 atom stereocenters. The molecule has 0 fully saturated rings. The van der Waals surface area contributed by atoms with Crippen molar-refractivity contribution in [3.63, 3.8) is 0 Å². The maximum absolute atomic E-state index is 13.2. The summed E-state index contributed by atoms with van der Waals surface area (Å²) in [4.78, 5) is 11.2. The molecule has 0 aliphatic rings. The van der Waals surface area contributed by atoms with Crippen molar-refractivity contribution in [1.82, 2.24) is 20.3 Å². The average molecular weight is 341 g/mol. The van der Waals surface area contributed by atoms with E-state index in [1.165, 1.54) is 22.9 Å². The Morgan fingerprint density at radius 2 is 2.22 bits per heavy atom. The molecule has 0 saturated carbocycles. The fourth-order valence-corrected chi connectivity index (χ4v) is 2.28. The van der Waals surface area contributed by atoms with Crippen LogP contribution in [0.3, 0.4) is 0 Å². The number of carbonyl (C=O) groups is 1. The molecular formula is C15H18ClFN4O2. The van der Waals surface area contributed by atoms with Gasteiger partial charge in [0.15, 0.2) is 0 Å². The third-order valence-electron chi connectivity index (χ3n) is 3.24. The lowest BCUT2D eigenvalue weighted by molar-refractivity contribution is -0.140. The van der Waals surface area contributed by atoms with Gasteiger partial charge >= 0.3 is 5.97 Å². The Kier molecular flexibility index (Phi) is 5.68. The number of carboxylic acids is 1. The van der Waals surface area contributed by atoms with Crippen LogP contribution in [0.4, 0.5) is 4.39 Å². The zero-order valence-corrected chi connectivity index (χ0v) is 13.6. The summed E-state index contributed by atoms with van der Waals surface area (Å²) in [6, 6.07) is 3.59. The van der Waals surface area contributed by atoms with Crippen molar-refractivity contribution >= 4 is 17.6 Å². The van der Waals surface area contributed by atoms with E-state index in [9.17, 15) is 14.3 Å². The third kappa shape index (κ3) is 4.74. The Labute approximate surface area is 138 Å². The fourth-order valence-electron chi connectivity index (χ4n) is 2.10. The van der Waals surface area contributed by atoms with Gasteiger partial charge in [0.05, 0.1) is 22.6 Å². The number of rotatable bonds is 7. The maximum Gasteiger partial charge on any atom is 0.320 e. The zero-order chi connectivity index (χ0) is 17.0. The van der Waals surface area contributed by atoms with Gasteiger partial charge in [-0.05, 0) is 30.5 Å². The minimum absolute atomic E-state index is 0.000509. The van der Waals surface area contributed by atoms with Gasteiger partial charge in [0.25, 0.3) is 0 Å². The lowest BCUT2D eigenvalue weighted by atomic mass is 10.0. The van der Waals surface area contributed by atoms with Crippen LogP contribution in [-0.2, 0) is 11.3 Å². The van der Waals surface area contributed by atoms with Crippen molar-refractivity contribution in [2.75, 3.05) is 0 Å². The number of nitrogens with one attached hydrogen (secondary N) is 1. The number of nitrogens with zero attached hydrogens (tertiary/aromatic N) is 3. The van der Waals surface area contributed by atoms with Crippen LogP contribution in [0.15, 0.2) is 24.4 Å². The molecule has 2 aromatic rings. The minimum atomic E-state index is -0.892. The molecule has 1 aromatic carbocycles. The molecule has 0 radical (unpaired) electrons. The molecular weight excluding hydrogens is 323 g/mol. The van der Waals surface area contributed by atoms with E-state index in [1.54, 1.807) is 6.20 Å². The van der Waals surface area contributed by atoms with E-state index in [0.717, 1.165) is 0 Å². The second kappa shape index (κ2) is 7.52. The molecule has 0 amide bonds. The number of halogens is 2. The van der Waals surface area contributed by atoms with Gasteiger partial charge in [0.2, 0.25) is 0 Å². The van der Waals surface area contributed by atoms with Crippen molar-refractivity contribution in [2.24, 2.45) is 5.92 Å². The Morgan fingerprint density at radius 3 is 2.83 bits per heavy atom. The molecule has 0 spiro atoms. The van der Waals surface area contributed by atoms with Crippen molar-refractivity contribution < 1.29 is 14.3 Å². The monoisotopic (exact) mass is 340 g/mol. The van der Waals surface area contributed by atoms with Crippen LogP contribution in [0.25, 0.3) is 5.69 Å². The number of aliphatic carboxylic acids is 1. The van der Waals surface area contributed by atoms with Gasteiger partial charge in [-0.2, -0.15) is 0 Å². The van der Waals surface area contributed by atoms with Crippen molar-refractivity contribution in [3.05, 3.63) is 40.9 Å². The zero-order valence-electron chi connectivity index (χ0n) is 12.8. The molecule has 23 heavy (non-hydrogen) atoms. The number of aromatic nitrogens is 3. The molecule has 0 unspecified atom stereocenters. The van der Waals surface area contributed by atoms with Crippen molar-refractivity contribution in [1.29, 1.82) is 0 Å². The number of hydrogen-bond donors (Lipinski definition) is 2. The van der Waals surface area contributed by atoms with Crippen LogP contribution in [0.5, 0.6) is 0 Å². The van der Waals surface area contributed by atoms with Crippen LogP contribution in [0.1, 0.15) is 26.0 Å². The Balaban J connectivity index is 2.04. The van der Waals surface area contributed by atoms with Gasteiger partial charge in [0, 0.05) is 6.54 Å². The molecule has 124 valence electrons. The molecule has 0 aliphatic heterocycles. The van der Waals surface area contributed by atoms with Gasteiger partial charge < -0.3 is 5.11 Å². The van der Waals surface area contributed by atoms with Crippen LogP contribution in [0.2, 0.25) is 5.02 Å². The highest BCUT2D eigenvalue weighted by Crippen LogP contribution is 2.18. The number of hydrogen-bond acceptors (Lipinski definition) is 4. The van der Waals surface area contributed by atoms with Crippen LogP contribution < -0.4 is 5.32 Å². The minimum Gasteiger partial charge on any atom is -0.480 e. The molecule has 0 saturated heterocycles. The highest BCUT2D eigenvalue weighted by atomic mass is 35.5. The summed E-state index contributed by atoms with van der Waals surface area (Å²) in [6.45, 7) is 4.21. The first kappa shape index (κ1) is 17.4. The van der Waals surface area contributed by atoms with Crippen LogP contribution in [-0.4, -0.2) is 32.1 Å². The molecule has 2 N–H and O–H groups in total. The van der Waals surface area contributed by atoms with E-state index in [-0.39, 0.29) is 17.5 Å². The predicted molar refractivity (Wildman–Crippen MR) is 84.0 cm³/mol. The Morgan fingerprint density at radius 1 is 1.48 bits per heavy atom. The summed E-state index contributed by atoms with van der Waals surface area (Å²) in [6.07, 6.45) is 2.17. The fraction of sp³-hybridized carbons (Fsp3) is 0.400. The molecule has 1 heterocycles. The van der Waals surface area contributed by atoms with Gasteiger partial charge in [0.1, 0.15) is 11.9 Å². The van der Waals surface area contributed by atoms with E-state index in [4.69, 9.17) is 11.6 Å². The third-order valence-corrected chi connectivity index (χ3v) is 3.53. The second-order valence-electron chi connectivity index (χ2n) is 5.65. The van der Waals surface area contributed by atoms with E-state index < -0.39 is 17.8 Å². The first-order valence-electron chi connectivity index (χ1n) is 7.19. The van der Waals surface area contributed by atoms with E-state index in [0.29, 0.717) is 17.8 Å². The number of benzene rings is 1. The van der Waals surface area contributed by atoms with Crippen molar-refractivity contribution in [2.45, 2.75) is 32.9 Å². The summed E-state index contributed by atoms with van der Waals surface area (Å²) in [7, 11) is 0. The first-order valence-corrected chi connectivity index (χ1v) is 7.57. The summed E-state index contributed by atoms with van der Waals surface area (Å²) in [5.74, 6) is -1.13. The first-order chi connectivity index (χ1) is 10.9. The quantitative estimate of drug-likeness (QED) is 0.810. The highest BCUT2D eigenvalue weighted by molar-refractivity contribution is 6.30. The lowest BCUT2D eigenvalue weighted by Crippen LogP contribution is -2.37. The van der Waals surface area contributed by atoms with Gasteiger partial charge in [-0.25, -0.2) is 9.07 Å². The molecule has 0 bridgehead atoms. The summed E-state index contributed by atoms with van der Waals surface area (Å²) in [5.41, 5.74) is 1.16. The standard InChI is InChI=1S/C15H18ClFN4O2/c1-9(2)5-14(15(22)23)18-7-10-8-21(20-19-10)11-3-4-13(17)12(16)6-11/h3-4,6,8-9,14,18H,5,7H2,1-2H3,(H,22,23)/t14-/m0/s1. The summed E-state index contributed by atoms with van der Waals surface area (Å²) in [5, 5.41) is 20.1. The van der Waals surface area contributed by atoms with E-state index in [1.807, 2.05) is 13.8 Å². The smallest absolute Gasteiger partial charge is 0.320 e. The lowest BCUT2D eigenvalue weighted by Gasteiger charge is -2.15. The molecule has 1 aromatic heterocycles. The van der Waals surface area contributed by atoms with Gasteiger partial charge in [-0.3, -0.25) is 10.1 Å². The Bertz CT molecular complexity index is 690. The SMILES string of the molecule is CC(C)C[C@H](NCc1cn(-c2ccc(F)c(Cl)c2)nn1)C(=O)O. The number of carboxylic acid groups (broad SMARTS) is 1. The van der Waals surface area contributed by atoms with E-state index in [2.05, 4.69) is 15.6 Å². The van der Waals surface area contributed by atoms with Crippen molar-refractivity contribution in [3.8, 4) is 5.69 Å². The highest BCUT2D eigenvalue weighted by Gasteiger charge is 2.18. The summed E-state index contributed by atoms with van der Waals surface area (Å²) < 4.78 is 14.6. The predicted octanol–water partition coefficient (Wildman–Crippen LogP) is 2.65. The molecule has 0 aliphatic carbocycles. The topological polar surface area (TPSA) is 80.0 Å². The van der Waals surface area contributed by atoms with Crippen LogP contribution >= 0.6 is 11.6 Å². The Hall–Kier alpha value is -1.99. The molecule has 6 nitrogen and oxygen atoms in total. The molecule has 2 rings (SSSR count). The van der Waals surface area contributed by atoms with Crippen LogP contribution in [0, 0.1) is 11.7 Å². The van der Waals surface area contributed by atoms with Gasteiger partial charge in [-0.1, -0.05) is 30.7 Å². The largest absolute Gasteiger partial charge is 0.480 e.